The number of hydrogen-bond donors (Lipinski definition) is 0. The van der Waals surface area contributed by atoms with Crippen LogP contribution in [0.4, 0.5) is 0 Å². The van der Waals surface area contributed by atoms with Crippen molar-refractivity contribution in [3.8, 4) is 0 Å². The quantitative estimate of drug-likeness (QED) is 0.811. The normalized spacial score (nSPS) is 10.8. The first-order valence-corrected chi connectivity index (χ1v) is 6.28. The van der Waals surface area contributed by atoms with E-state index in [1.165, 1.54) is 0 Å². The average molecular weight is 291 g/mol. The van der Waals surface area contributed by atoms with Crippen molar-refractivity contribution in [3.05, 3.63) is 45.5 Å². The van der Waals surface area contributed by atoms with Gasteiger partial charge >= 0.3 is 0 Å². The summed E-state index contributed by atoms with van der Waals surface area (Å²) in [6.45, 7) is 0. The Morgan fingerprint density at radius 3 is 2.41 bits per heavy atom. The molecule has 0 saturated carbocycles. The topological polar surface area (TPSA) is 30.7 Å². The van der Waals surface area contributed by atoms with Crippen molar-refractivity contribution in [2.75, 3.05) is 0 Å². The predicted octanol–water partition coefficient (Wildman–Crippen LogP) is 3.45. The summed E-state index contributed by atoms with van der Waals surface area (Å²) in [5.74, 6) is 1.95. The smallest absolute Gasteiger partial charge is 0.147 e. The third-order valence-electron chi connectivity index (χ3n) is 2.52. The zero-order valence-electron chi connectivity index (χ0n) is 9.12. The Kier molecular flexibility index (Phi) is 3.92. The lowest BCUT2D eigenvalue weighted by atomic mass is 10.1. The lowest BCUT2D eigenvalue weighted by molar-refractivity contribution is 0.790. The number of rotatable bonds is 3. The molecule has 0 spiro atoms. The molecule has 0 N–H and O–H groups in total. The standard InChI is InChI=1S/C11H10Cl3N3/c1-17-10(15-16-11(17)6-12)5-7-2-3-8(13)9(14)4-7/h2-4H,5-6H2,1H3. The van der Waals surface area contributed by atoms with Crippen LogP contribution in [-0.2, 0) is 19.3 Å². The highest BCUT2D eigenvalue weighted by Crippen LogP contribution is 2.23. The minimum Gasteiger partial charge on any atom is -0.317 e. The van der Waals surface area contributed by atoms with E-state index < -0.39 is 0 Å². The fourth-order valence-electron chi connectivity index (χ4n) is 1.50. The van der Waals surface area contributed by atoms with E-state index in [0.717, 1.165) is 17.2 Å². The molecule has 0 unspecified atom stereocenters. The Hall–Kier alpha value is -0.770. The first kappa shape index (κ1) is 12.7. The van der Waals surface area contributed by atoms with Crippen molar-refractivity contribution >= 4 is 34.8 Å². The Bertz CT molecular complexity index is 537. The number of alkyl halides is 1. The Morgan fingerprint density at radius 2 is 1.82 bits per heavy atom. The third kappa shape index (κ3) is 2.73. The summed E-state index contributed by atoms with van der Waals surface area (Å²) in [6.07, 6.45) is 0.650. The van der Waals surface area contributed by atoms with Gasteiger partial charge in [-0.05, 0) is 17.7 Å². The molecular formula is C11H10Cl3N3. The van der Waals surface area contributed by atoms with Gasteiger partial charge in [0, 0.05) is 13.5 Å². The molecule has 90 valence electrons. The first-order chi connectivity index (χ1) is 8.11. The van der Waals surface area contributed by atoms with Gasteiger partial charge in [-0.2, -0.15) is 0 Å². The molecule has 6 heteroatoms. The van der Waals surface area contributed by atoms with Gasteiger partial charge in [-0.3, -0.25) is 0 Å². The molecule has 0 aliphatic rings. The lowest BCUT2D eigenvalue weighted by Gasteiger charge is -2.04. The zero-order valence-corrected chi connectivity index (χ0v) is 11.4. The molecule has 2 rings (SSSR count). The van der Waals surface area contributed by atoms with E-state index in [2.05, 4.69) is 10.2 Å². The number of aromatic nitrogens is 3. The highest BCUT2D eigenvalue weighted by molar-refractivity contribution is 6.42. The van der Waals surface area contributed by atoms with Crippen LogP contribution in [0.3, 0.4) is 0 Å². The van der Waals surface area contributed by atoms with Crippen molar-refractivity contribution in [2.45, 2.75) is 12.3 Å². The Balaban J connectivity index is 2.25. The average Bonchev–Trinajstić information content (AvgIpc) is 2.65. The van der Waals surface area contributed by atoms with Gasteiger partial charge in [0.15, 0.2) is 0 Å². The second-order valence-corrected chi connectivity index (χ2v) is 4.73. The fraction of sp³-hybridized carbons (Fsp3) is 0.273. The largest absolute Gasteiger partial charge is 0.317 e. The second-order valence-electron chi connectivity index (χ2n) is 3.65. The molecule has 1 heterocycles. The van der Waals surface area contributed by atoms with Crippen LogP contribution in [0.15, 0.2) is 18.2 Å². The fourth-order valence-corrected chi connectivity index (χ4v) is 2.05. The molecule has 0 aliphatic carbocycles. The zero-order chi connectivity index (χ0) is 12.4. The van der Waals surface area contributed by atoms with E-state index in [9.17, 15) is 0 Å². The van der Waals surface area contributed by atoms with Crippen LogP contribution in [0.25, 0.3) is 0 Å². The molecule has 0 bridgehead atoms. The van der Waals surface area contributed by atoms with Crippen molar-refractivity contribution in [2.24, 2.45) is 7.05 Å². The van der Waals surface area contributed by atoms with Gasteiger partial charge in [0.05, 0.1) is 15.9 Å². The summed E-state index contributed by atoms with van der Waals surface area (Å²) in [5, 5.41) is 9.17. The third-order valence-corrected chi connectivity index (χ3v) is 3.50. The summed E-state index contributed by atoms with van der Waals surface area (Å²) in [4.78, 5) is 0. The maximum absolute atomic E-state index is 5.96. The van der Waals surface area contributed by atoms with Crippen LogP contribution in [0, 0.1) is 0 Å². The van der Waals surface area contributed by atoms with Gasteiger partial charge in [0.1, 0.15) is 11.6 Å². The predicted molar refractivity (Wildman–Crippen MR) is 69.8 cm³/mol. The van der Waals surface area contributed by atoms with Gasteiger partial charge < -0.3 is 4.57 Å². The highest BCUT2D eigenvalue weighted by atomic mass is 35.5. The summed E-state index contributed by atoms with van der Waals surface area (Å²) in [7, 11) is 1.89. The first-order valence-electron chi connectivity index (χ1n) is 4.99. The molecule has 0 saturated heterocycles. The van der Waals surface area contributed by atoms with Crippen molar-refractivity contribution in [3.63, 3.8) is 0 Å². The maximum atomic E-state index is 5.96. The van der Waals surface area contributed by atoms with Crippen molar-refractivity contribution in [1.29, 1.82) is 0 Å². The van der Waals surface area contributed by atoms with Gasteiger partial charge in [-0.1, -0.05) is 29.3 Å². The number of benzene rings is 1. The minimum atomic E-state index is 0.352. The number of nitrogens with zero attached hydrogens (tertiary/aromatic N) is 3. The van der Waals surface area contributed by atoms with Crippen LogP contribution in [0.2, 0.25) is 10.0 Å². The van der Waals surface area contributed by atoms with Crippen LogP contribution >= 0.6 is 34.8 Å². The molecule has 0 aliphatic heterocycles. The van der Waals surface area contributed by atoms with E-state index in [1.807, 2.05) is 23.7 Å². The minimum absolute atomic E-state index is 0.352. The van der Waals surface area contributed by atoms with Crippen LogP contribution in [0.1, 0.15) is 17.2 Å². The summed E-state index contributed by atoms with van der Waals surface area (Å²) in [6, 6.07) is 5.53. The molecular weight excluding hydrogens is 281 g/mol. The van der Waals surface area contributed by atoms with Crippen LogP contribution < -0.4 is 0 Å². The molecule has 3 nitrogen and oxygen atoms in total. The molecule has 0 fully saturated rings. The lowest BCUT2D eigenvalue weighted by Crippen LogP contribution is -2.01. The van der Waals surface area contributed by atoms with E-state index in [-0.39, 0.29) is 0 Å². The van der Waals surface area contributed by atoms with Crippen molar-refractivity contribution < 1.29 is 0 Å². The Labute approximate surface area is 114 Å². The highest BCUT2D eigenvalue weighted by Gasteiger charge is 2.09. The van der Waals surface area contributed by atoms with E-state index in [1.54, 1.807) is 6.07 Å². The molecule has 1 aromatic carbocycles. The SMILES string of the molecule is Cn1c(CCl)nnc1Cc1ccc(Cl)c(Cl)c1. The van der Waals surface area contributed by atoms with Gasteiger partial charge in [0.2, 0.25) is 0 Å². The van der Waals surface area contributed by atoms with Crippen LogP contribution in [-0.4, -0.2) is 14.8 Å². The molecule has 17 heavy (non-hydrogen) atoms. The van der Waals surface area contributed by atoms with Gasteiger partial charge in [0.25, 0.3) is 0 Å². The maximum Gasteiger partial charge on any atom is 0.147 e. The van der Waals surface area contributed by atoms with E-state index in [0.29, 0.717) is 22.3 Å². The van der Waals surface area contributed by atoms with Gasteiger partial charge in [-0.15, -0.1) is 21.8 Å². The van der Waals surface area contributed by atoms with E-state index >= 15 is 0 Å². The van der Waals surface area contributed by atoms with Crippen LogP contribution in [0.5, 0.6) is 0 Å². The second kappa shape index (κ2) is 5.25. The number of hydrogen-bond acceptors (Lipinski definition) is 2. The molecule has 0 atom stereocenters. The summed E-state index contributed by atoms with van der Waals surface area (Å²) >= 11 is 17.5. The molecule has 0 radical (unpaired) electrons. The number of halogens is 3. The molecule has 0 amide bonds. The monoisotopic (exact) mass is 289 g/mol. The van der Waals surface area contributed by atoms with E-state index in [4.69, 9.17) is 34.8 Å². The Morgan fingerprint density at radius 1 is 1.12 bits per heavy atom. The molecule has 1 aromatic heterocycles. The summed E-state index contributed by atoms with van der Waals surface area (Å²) in [5.41, 5.74) is 1.04. The molecule has 2 aromatic rings. The van der Waals surface area contributed by atoms with Gasteiger partial charge in [-0.25, -0.2) is 0 Å². The summed E-state index contributed by atoms with van der Waals surface area (Å²) < 4.78 is 1.88. The van der Waals surface area contributed by atoms with Crippen molar-refractivity contribution in [1.82, 2.24) is 14.8 Å².